The van der Waals surface area contributed by atoms with Gasteiger partial charge in [-0.3, -0.25) is 4.90 Å². The van der Waals surface area contributed by atoms with Crippen molar-refractivity contribution in [3.05, 3.63) is 117 Å². The zero-order chi connectivity index (χ0) is 21.8. The number of rotatable bonds is 0. The van der Waals surface area contributed by atoms with E-state index in [1.807, 2.05) is 25.7 Å². The Morgan fingerprint density at radius 3 is 1.47 bits per heavy atom. The maximum atomic E-state index is 13.1. The first-order valence-corrected chi connectivity index (χ1v) is 11.5. The monoisotopic (exact) mass is 419 g/mol. The number of carbonyl (C=O) groups excluding carboxylic acids is 1. The molecule has 0 unspecified atom stereocenters. The highest BCUT2D eigenvalue weighted by atomic mass is 16.6. The fourth-order valence-corrected chi connectivity index (χ4v) is 6.38. The Balaban J connectivity index is 1.39. The minimum atomic E-state index is -0.507. The van der Waals surface area contributed by atoms with Crippen LogP contribution in [-0.4, -0.2) is 16.6 Å². The lowest BCUT2D eigenvalue weighted by Crippen LogP contribution is -2.35. The second kappa shape index (κ2) is 5.92. The van der Waals surface area contributed by atoms with Crippen LogP contribution in [0.1, 0.15) is 89.2 Å². The summed E-state index contributed by atoms with van der Waals surface area (Å²) in [6.07, 6.45) is 4.08. The summed E-state index contributed by atoms with van der Waals surface area (Å²) in [5.41, 5.74) is 10.5. The lowest BCUT2D eigenvalue weighted by atomic mass is 9.60. The Morgan fingerprint density at radius 1 is 0.688 bits per heavy atom. The number of ether oxygens (including phenoxy) is 1. The molecule has 2 atom stereocenters. The van der Waals surface area contributed by atoms with Gasteiger partial charge >= 0.3 is 6.09 Å². The van der Waals surface area contributed by atoms with Gasteiger partial charge in [0.2, 0.25) is 0 Å². The lowest BCUT2D eigenvalue weighted by Gasteiger charge is -2.42. The molecule has 0 saturated carbocycles. The highest BCUT2D eigenvalue weighted by molar-refractivity contribution is 5.76. The molecule has 3 nitrogen and oxygen atoms in total. The van der Waals surface area contributed by atoms with Gasteiger partial charge < -0.3 is 4.74 Å². The van der Waals surface area contributed by atoms with Crippen molar-refractivity contribution in [2.75, 3.05) is 0 Å². The van der Waals surface area contributed by atoms with E-state index in [0.717, 1.165) is 0 Å². The van der Waals surface area contributed by atoms with Crippen LogP contribution in [0.2, 0.25) is 0 Å². The maximum Gasteiger partial charge on any atom is 0.411 e. The molecule has 3 heteroatoms. The molecule has 2 aliphatic heterocycles. The van der Waals surface area contributed by atoms with E-state index in [9.17, 15) is 4.79 Å². The van der Waals surface area contributed by atoms with Gasteiger partial charge in [0.15, 0.2) is 0 Å². The summed E-state index contributed by atoms with van der Waals surface area (Å²) in [5, 5.41) is 0. The van der Waals surface area contributed by atoms with Crippen molar-refractivity contribution >= 4 is 6.09 Å². The van der Waals surface area contributed by atoms with Crippen molar-refractivity contribution in [3.63, 3.8) is 0 Å². The summed E-state index contributed by atoms with van der Waals surface area (Å²) in [6, 6.07) is 22.5. The summed E-state index contributed by atoms with van der Waals surface area (Å²) < 4.78 is 5.76. The van der Waals surface area contributed by atoms with Crippen LogP contribution in [0.25, 0.3) is 0 Å². The molecule has 32 heavy (non-hydrogen) atoms. The molecule has 1 amide bonds. The molecule has 0 radical (unpaired) electrons. The summed E-state index contributed by atoms with van der Waals surface area (Å²) in [5.74, 6) is 0.511. The van der Waals surface area contributed by atoms with E-state index in [-0.39, 0.29) is 30.0 Å². The van der Waals surface area contributed by atoms with E-state index in [2.05, 4.69) is 72.8 Å². The van der Waals surface area contributed by atoms with Crippen LogP contribution in [0.3, 0.4) is 0 Å². The lowest BCUT2D eigenvalue weighted by molar-refractivity contribution is 0.0196. The van der Waals surface area contributed by atoms with Crippen molar-refractivity contribution in [1.29, 1.82) is 0 Å². The molecule has 5 aliphatic rings. The predicted octanol–water partition coefficient (Wildman–Crippen LogP) is 6.58. The Labute approximate surface area is 188 Å². The van der Waals surface area contributed by atoms with Crippen LogP contribution in [0.5, 0.6) is 0 Å². The van der Waals surface area contributed by atoms with Crippen molar-refractivity contribution in [2.24, 2.45) is 0 Å². The average Bonchev–Trinajstić information content (AvgIpc) is 3.33. The number of fused-ring (bicyclic) bond motifs is 5. The molecule has 8 rings (SSSR count). The summed E-state index contributed by atoms with van der Waals surface area (Å²) >= 11 is 0. The molecule has 0 N–H and O–H groups in total. The normalized spacial score (nSPS) is 25.3. The Hall–Kier alpha value is -3.33. The van der Waals surface area contributed by atoms with E-state index in [4.69, 9.17) is 4.74 Å². The van der Waals surface area contributed by atoms with Gasteiger partial charge in [0, 0.05) is 11.8 Å². The topological polar surface area (TPSA) is 29.5 Å². The number of carbonyl (C=O) groups is 1. The molecule has 3 aromatic carbocycles. The molecule has 3 aromatic rings. The van der Waals surface area contributed by atoms with Gasteiger partial charge in [-0.2, -0.15) is 0 Å². The average molecular weight is 420 g/mol. The van der Waals surface area contributed by atoms with Crippen LogP contribution in [-0.2, 0) is 4.74 Å². The van der Waals surface area contributed by atoms with Gasteiger partial charge in [-0.1, -0.05) is 72.8 Å². The fraction of sp³-hybridized carbons (Fsp3) is 0.276. The van der Waals surface area contributed by atoms with E-state index in [0.29, 0.717) is 0 Å². The number of hydrogen-bond acceptors (Lipinski definition) is 2. The summed E-state index contributed by atoms with van der Waals surface area (Å²) in [4.78, 5) is 15.0. The molecule has 2 heterocycles. The van der Waals surface area contributed by atoms with Gasteiger partial charge in [0.1, 0.15) is 5.60 Å². The van der Waals surface area contributed by atoms with Gasteiger partial charge in [-0.25, -0.2) is 4.79 Å². The minimum Gasteiger partial charge on any atom is -0.444 e. The summed E-state index contributed by atoms with van der Waals surface area (Å²) in [7, 11) is 0. The number of amides is 1. The molecular formula is C29H25NO2. The van der Waals surface area contributed by atoms with Gasteiger partial charge in [0.05, 0.1) is 12.1 Å². The van der Waals surface area contributed by atoms with Crippen LogP contribution < -0.4 is 0 Å². The first-order chi connectivity index (χ1) is 15.4. The standard InChI is InChI=1S/C29H25NO2/c1-29(2,3)32-28(31)30-24-12-13-25(30)21-15-23-22(14-20(21)24)26-16-8-4-5-9-17(16)27(23)19-11-7-6-10-18(19)26/h4-15,24-27H,1-3H3/t24-,25+,26?,27?. The number of hydrogen-bond donors (Lipinski definition) is 0. The van der Waals surface area contributed by atoms with E-state index in [1.54, 1.807) is 0 Å². The van der Waals surface area contributed by atoms with Gasteiger partial charge in [-0.15, -0.1) is 0 Å². The molecular weight excluding hydrogens is 394 g/mol. The smallest absolute Gasteiger partial charge is 0.411 e. The van der Waals surface area contributed by atoms with E-state index >= 15 is 0 Å². The molecule has 158 valence electrons. The third kappa shape index (κ3) is 2.24. The first-order valence-electron chi connectivity index (χ1n) is 11.5. The third-order valence-corrected chi connectivity index (χ3v) is 7.46. The Kier molecular flexibility index (Phi) is 3.38. The van der Waals surface area contributed by atoms with Crippen LogP contribution in [0.15, 0.2) is 72.8 Å². The molecule has 0 spiro atoms. The SMILES string of the molecule is CC(C)(C)OC(=O)N1[C@@H]2C=C[C@H]1c1cc3c(cc12)C1c2ccccc2C3c2ccccc21. The highest BCUT2D eigenvalue weighted by Crippen LogP contribution is 2.59. The Morgan fingerprint density at radius 2 is 1.09 bits per heavy atom. The van der Waals surface area contributed by atoms with Crippen molar-refractivity contribution in [3.8, 4) is 0 Å². The van der Waals surface area contributed by atoms with Gasteiger partial charge in [0.25, 0.3) is 0 Å². The second-order valence-corrected chi connectivity index (χ2v) is 10.4. The minimum absolute atomic E-state index is 0.0407. The quantitative estimate of drug-likeness (QED) is 0.265. The number of benzene rings is 3. The first kappa shape index (κ1) is 18.3. The van der Waals surface area contributed by atoms with Crippen LogP contribution >= 0.6 is 0 Å². The fourth-order valence-electron chi connectivity index (χ4n) is 6.38. The van der Waals surface area contributed by atoms with Crippen molar-refractivity contribution < 1.29 is 9.53 Å². The van der Waals surface area contributed by atoms with Crippen LogP contribution in [0.4, 0.5) is 4.79 Å². The van der Waals surface area contributed by atoms with Crippen molar-refractivity contribution in [1.82, 2.24) is 4.90 Å². The summed E-state index contributed by atoms with van der Waals surface area (Å²) in [6.45, 7) is 5.77. The molecule has 0 fully saturated rings. The highest BCUT2D eigenvalue weighted by Gasteiger charge is 2.48. The second-order valence-electron chi connectivity index (χ2n) is 10.4. The zero-order valence-corrected chi connectivity index (χ0v) is 18.5. The molecule has 4 bridgehead atoms. The Bertz CT molecular complexity index is 1210. The predicted molar refractivity (Wildman–Crippen MR) is 124 cm³/mol. The molecule has 0 saturated heterocycles. The van der Waals surface area contributed by atoms with Crippen LogP contribution in [0, 0.1) is 0 Å². The zero-order valence-electron chi connectivity index (χ0n) is 18.5. The largest absolute Gasteiger partial charge is 0.444 e. The van der Waals surface area contributed by atoms with Crippen molar-refractivity contribution in [2.45, 2.75) is 50.3 Å². The molecule has 3 aliphatic carbocycles. The van der Waals surface area contributed by atoms with E-state index < -0.39 is 5.60 Å². The molecule has 0 aromatic heterocycles. The number of nitrogens with zero attached hydrogens (tertiary/aromatic N) is 1. The van der Waals surface area contributed by atoms with E-state index in [1.165, 1.54) is 44.5 Å². The third-order valence-electron chi connectivity index (χ3n) is 7.46. The van der Waals surface area contributed by atoms with Gasteiger partial charge in [-0.05, 0) is 65.3 Å². The maximum absolute atomic E-state index is 13.1.